The second-order valence-corrected chi connectivity index (χ2v) is 2.57. The Balaban J connectivity index is 2.15. The highest BCUT2D eigenvalue weighted by molar-refractivity contribution is 5.70. The number of hydrogen-bond donors (Lipinski definition) is 0. The van der Waals surface area contributed by atoms with Crippen LogP contribution in [-0.2, 0) is 4.74 Å². The van der Waals surface area contributed by atoms with Gasteiger partial charge in [-0.25, -0.2) is 4.79 Å². The van der Waals surface area contributed by atoms with Gasteiger partial charge in [-0.3, -0.25) is 0 Å². The molecule has 0 aliphatic carbocycles. The Hall–Kier alpha value is -0.730. The van der Waals surface area contributed by atoms with Crippen LogP contribution in [0.3, 0.4) is 0 Å². The Morgan fingerprint density at radius 1 is 1.67 bits per heavy atom. The van der Waals surface area contributed by atoms with Gasteiger partial charge in [-0.15, -0.1) is 0 Å². The molecular formula is C6H9NO2. The number of nitrogens with zero attached hydrogens (tertiary/aromatic N) is 1. The van der Waals surface area contributed by atoms with Crippen LogP contribution in [0.2, 0.25) is 0 Å². The zero-order chi connectivity index (χ0) is 6.27. The average molecular weight is 127 g/mol. The lowest BCUT2D eigenvalue weighted by Gasteiger charge is -2.08. The van der Waals surface area contributed by atoms with Gasteiger partial charge >= 0.3 is 6.09 Å². The zero-order valence-corrected chi connectivity index (χ0v) is 5.17. The summed E-state index contributed by atoms with van der Waals surface area (Å²) in [7, 11) is 0. The van der Waals surface area contributed by atoms with Crippen LogP contribution in [0, 0.1) is 0 Å². The fourth-order valence-corrected chi connectivity index (χ4v) is 1.50. The van der Waals surface area contributed by atoms with Gasteiger partial charge < -0.3 is 9.64 Å². The van der Waals surface area contributed by atoms with Crippen molar-refractivity contribution in [3.8, 4) is 0 Å². The van der Waals surface area contributed by atoms with Crippen molar-refractivity contribution in [1.29, 1.82) is 0 Å². The van der Waals surface area contributed by atoms with Crippen LogP contribution < -0.4 is 0 Å². The van der Waals surface area contributed by atoms with Gasteiger partial charge in [-0.2, -0.15) is 0 Å². The molecule has 50 valence electrons. The summed E-state index contributed by atoms with van der Waals surface area (Å²) in [6.07, 6.45) is 2.17. The molecule has 0 spiro atoms. The summed E-state index contributed by atoms with van der Waals surface area (Å²) in [5, 5.41) is 0. The molecule has 9 heavy (non-hydrogen) atoms. The molecule has 1 atom stereocenters. The van der Waals surface area contributed by atoms with Crippen molar-refractivity contribution < 1.29 is 9.53 Å². The van der Waals surface area contributed by atoms with E-state index in [1.165, 1.54) is 0 Å². The second-order valence-electron chi connectivity index (χ2n) is 2.57. The van der Waals surface area contributed by atoms with Gasteiger partial charge in [0.15, 0.2) is 0 Å². The van der Waals surface area contributed by atoms with Crippen molar-refractivity contribution in [1.82, 2.24) is 4.90 Å². The third kappa shape index (κ3) is 0.605. The third-order valence-electron chi connectivity index (χ3n) is 2.01. The number of rotatable bonds is 0. The minimum absolute atomic E-state index is 0.113. The van der Waals surface area contributed by atoms with Crippen LogP contribution in [0.4, 0.5) is 4.79 Å². The second kappa shape index (κ2) is 1.62. The highest BCUT2D eigenvalue weighted by atomic mass is 16.6. The summed E-state index contributed by atoms with van der Waals surface area (Å²) in [4.78, 5) is 12.6. The highest BCUT2D eigenvalue weighted by Gasteiger charge is 2.35. The van der Waals surface area contributed by atoms with E-state index in [2.05, 4.69) is 0 Å². The average Bonchev–Trinajstić information content (AvgIpc) is 2.35. The number of carbonyl (C=O) groups is 1. The van der Waals surface area contributed by atoms with Crippen molar-refractivity contribution in [3.05, 3.63) is 0 Å². The first-order valence-electron chi connectivity index (χ1n) is 3.31. The molecule has 0 N–H and O–H groups in total. The molecule has 0 unspecified atom stereocenters. The van der Waals surface area contributed by atoms with E-state index < -0.39 is 0 Å². The van der Waals surface area contributed by atoms with E-state index in [1.807, 2.05) is 4.90 Å². The van der Waals surface area contributed by atoms with E-state index in [9.17, 15) is 4.79 Å². The number of carbonyl (C=O) groups excluding carboxylic acids is 1. The first-order valence-corrected chi connectivity index (χ1v) is 3.31. The fourth-order valence-electron chi connectivity index (χ4n) is 1.50. The predicted octanol–water partition coefficient (Wildman–Crippen LogP) is 0.601. The van der Waals surface area contributed by atoms with E-state index in [0.29, 0.717) is 12.6 Å². The van der Waals surface area contributed by atoms with E-state index >= 15 is 0 Å². The summed E-state index contributed by atoms with van der Waals surface area (Å²) < 4.78 is 4.81. The maximum Gasteiger partial charge on any atom is 0.410 e. The van der Waals surface area contributed by atoms with Crippen molar-refractivity contribution >= 4 is 6.09 Å². The lowest BCUT2D eigenvalue weighted by Crippen LogP contribution is -2.26. The van der Waals surface area contributed by atoms with E-state index in [4.69, 9.17) is 4.74 Å². The Morgan fingerprint density at radius 2 is 2.56 bits per heavy atom. The lowest BCUT2D eigenvalue weighted by atomic mass is 10.2. The summed E-state index contributed by atoms with van der Waals surface area (Å²) in [5.74, 6) is 0. The zero-order valence-electron chi connectivity index (χ0n) is 5.17. The maximum atomic E-state index is 10.8. The molecule has 0 radical (unpaired) electrons. The van der Waals surface area contributed by atoms with Gasteiger partial charge in [-0.05, 0) is 12.8 Å². The van der Waals surface area contributed by atoms with Crippen molar-refractivity contribution in [3.63, 3.8) is 0 Å². The van der Waals surface area contributed by atoms with Crippen LogP contribution >= 0.6 is 0 Å². The van der Waals surface area contributed by atoms with Crippen LogP contribution in [0.25, 0.3) is 0 Å². The first kappa shape index (κ1) is 5.09. The standard InChI is InChI=1S/C6H9NO2/c8-6-7-3-1-2-5(7)4-9-6/h5H,1-4H2/t5-/m1/s1. The molecule has 2 saturated heterocycles. The molecule has 3 nitrogen and oxygen atoms in total. The lowest BCUT2D eigenvalue weighted by molar-refractivity contribution is 0.159. The van der Waals surface area contributed by atoms with Crippen LogP contribution in [0.1, 0.15) is 12.8 Å². The Labute approximate surface area is 53.6 Å². The molecule has 2 aliphatic rings. The number of cyclic esters (lactones) is 1. The van der Waals surface area contributed by atoms with Crippen molar-refractivity contribution in [2.75, 3.05) is 13.2 Å². The summed E-state index contributed by atoms with van der Waals surface area (Å²) in [5.41, 5.74) is 0. The quantitative estimate of drug-likeness (QED) is 0.477. The van der Waals surface area contributed by atoms with Gasteiger partial charge in [0, 0.05) is 6.54 Å². The van der Waals surface area contributed by atoms with Crippen molar-refractivity contribution in [2.45, 2.75) is 18.9 Å². The first-order chi connectivity index (χ1) is 4.38. The number of hydrogen-bond acceptors (Lipinski definition) is 2. The summed E-state index contributed by atoms with van der Waals surface area (Å²) >= 11 is 0. The molecule has 2 fully saturated rings. The van der Waals surface area contributed by atoms with Gasteiger partial charge in [0.05, 0.1) is 6.04 Å². The topological polar surface area (TPSA) is 29.5 Å². The molecule has 0 bridgehead atoms. The van der Waals surface area contributed by atoms with E-state index in [1.54, 1.807) is 0 Å². The molecule has 3 heteroatoms. The number of ether oxygens (including phenoxy) is 1. The van der Waals surface area contributed by atoms with Gasteiger partial charge in [0.25, 0.3) is 0 Å². The monoisotopic (exact) mass is 127 g/mol. The molecule has 0 saturated carbocycles. The van der Waals surface area contributed by atoms with Gasteiger partial charge in [0.1, 0.15) is 6.61 Å². The molecule has 0 aromatic rings. The summed E-state index contributed by atoms with van der Waals surface area (Å²) in [6, 6.07) is 0.414. The van der Waals surface area contributed by atoms with E-state index in [-0.39, 0.29) is 6.09 Å². The number of amides is 1. The molecular weight excluding hydrogens is 118 g/mol. The highest BCUT2D eigenvalue weighted by Crippen LogP contribution is 2.23. The molecule has 0 aromatic heterocycles. The molecule has 2 heterocycles. The molecule has 1 amide bonds. The predicted molar refractivity (Wildman–Crippen MR) is 31.1 cm³/mol. The fraction of sp³-hybridized carbons (Fsp3) is 0.833. The van der Waals surface area contributed by atoms with Crippen LogP contribution in [0.5, 0.6) is 0 Å². The normalized spacial score (nSPS) is 32.7. The Morgan fingerprint density at radius 3 is 3.33 bits per heavy atom. The molecule has 2 rings (SSSR count). The largest absolute Gasteiger partial charge is 0.447 e. The SMILES string of the molecule is O=C1OC[C@H]2CCCN12. The number of fused-ring (bicyclic) bond motifs is 1. The van der Waals surface area contributed by atoms with E-state index in [0.717, 1.165) is 19.4 Å². The third-order valence-corrected chi connectivity index (χ3v) is 2.01. The minimum Gasteiger partial charge on any atom is -0.447 e. The molecule has 2 aliphatic heterocycles. The molecule has 0 aromatic carbocycles. The van der Waals surface area contributed by atoms with Crippen LogP contribution in [-0.4, -0.2) is 30.2 Å². The minimum atomic E-state index is -0.113. The van der Waals surface area contributed by atoms with Crippen LogP contribution in [0.15, 0.2) is 0 Å². The smallest absolute Gasteiger partial charge is 0.410 e. The summed E-state index contributed by atoms with van der Waals surface area (Å²) in [6.45, 7) is 1.53. The Kier molecular flexibility index (Phi) is 0.917. The van der Waals surface area contributed by atoms with Gasteiger partial charge in [-0.1, -0.05) is 0 Å². The maximum absolute atomic E-state index is 10.8. The Bertz CT molecular complexity index is 146. The van der Waals surface area contributed by atoms with Crippen molar-refractivity contribution in [2.24, 2.45) is 0 Å². The van der Waals surface area contributed by atoms with Gasteiger partial charge in [0.2, 0.25) is 0 Å².